The van der Waals surface area contributed by atoms with Crippen molar-refractivity contribution in [3.05, 3.63) is 72.3 Å². The van der Waals surface area contributed by atoms with Crippen LogP contribution in [0.1, 0.15) is 18.1 Å². The van der Waals surface area contributed by atoms with Gasteiger partial charge in [-0.15, -0.1) is 0 Å². The molecule has 0 aliphatic rings. The van der Waals surface area contributed by atoms with Crippen molar-refractivity contribution in [2.75, 3.05) is 25.5 Å². The maximum atomic E-state index is 12.2. The molecular weight excluding hydrogens is 312 g/mol. The maximum Gasteiger partial charge on any atom is 0.238 e. The molecule has 0 saturated carbocycles. The first-order valence-corrected chi connectivity index (χ1v) is 8.50. The number of carbonyl (C=O) groups is 1. The van der Waals surface area contributed by atoms with E-state index in [4.69, 9.17) is 4.74 Å². The summed E-state index contributed by atoms with van der Waals surface area (Å²) in [6.45, 7) is 7.28. The summed E-state index contributed by atoms with van der Waals surface area (Å²) in [5.41, 5.74) is 3.23. The summed E-state index contributed by atoms with van der Waals surface area (Å²) in [6, 6.07) is 15.8. The fourth-order valence-corrected chi connectivity index (χ4v) is 2.48. The highest BCUT2D eigenvalue weighted by molar-refractivity contribution is 5.92. The Morgan fingerprint density at radius 3 is 2.36 bits per heavy atom. The zero-order chi connectivity index (χ0) is 18.1. The minimum Gasteiger partial charge on any atom is -0.490 e. The monoisotopic (exact) mass is 338 g/mol. The molecule has 132 valence electrons. The second-order valence-corrected chi connectivity index (χ2v) is 6.01. The first kappa shape index (κ1) is 18.7. The van der Waals surface area contributed by atoms with Crippen molar-refractivity contribution in [1.29, 1.82) is 0 Å². The first-order chi connectivity index (χ1) is 12.1. The Hall–Kier alpha value is -2.59. The standard InChI is InChI=1S/C21H26N2O2/c1-4-14-25-20-12-8-18(9-13-20)15-23(3)16-21(24)22-19-10-6-17(5-2)7-11-19/h4,6-13H,1,5,14-16H2,2-3H3,(H,22,24). The lowest BCUT2D eigenvalue weighted by Gasteiger charge is -2.16. The predicted octanol–water partition coefficient (Wildman–Crippen LogP) is 3.88. The van der Waals surface area contributed by atoms with E-state index in [1.54, 1.807) is 6.08 Å². The van der Waals surface area contributed by atoms with Crippen molar-refractivity contribution < 1.29 is 9.53 Å². The highest BCUT2D eigenvalue weighted by Gasteiger charge is 2.08. The topological polar surface area (TPSA) is 41.6 Å². The van der Waals surface area contributed by atoms with Crippen LogP contribution in [0.25, 0.3) is 0 Å². The summed E-state index contributed by atoms with van der Waals surface area (Å²) in [5, 5.41) is 2.93. The molecule has 0 atom stereocenters. The maximum absolute atomic E-state index is 12.2. The molecule has 0 aromatic heterocycles. The predicted molar refractivity (Wildman–Crippen MR) is 103 cm³/mol. The number of nitrogens with one attached hydrogen (secondary N) is 1. The third kappa shape index (κ3) is 6.43. The van der Waals surface area contributed by atoms with Crippen molar-refractivity contribution in [2.24, 2.45) is 0 Å². The minimum atomic E-state index is -0.0160. The molecule has 2 aromatic rings. The van der Waals surface area contributed by atoms with Gasteiger partial charge in [0, 0.05) is 12.2 Å². The van der Waals surface area contributed by atoms with E-state index in [9.17, 15) is 4.79 Å². The second-order valence-electron chi connectivity index (χ2n) is 6.01. The smallest absolute Gasteiger partial charge is 0.238 e. The normalized spacial score (nSPS) is 10.5. The Morgan fingerprint density at radius 1 is 1.12 bits per heavy atom. The van der Waals surface area contributed by atoms with Crippen LogP contribution in [0.4, 0.5) is 5.69 Å². The van der Waals surface area contributed by atoms with Crippen LogP contribution >= 0.6 is 0 Å². The Labute approximate surface area is 150 Å². The van der Waals surface area contributed by atoms with E-state index >= 15 is 0 Å². The van der Waals surface area contributed by atoms with Crippen LogP contribution in [0.15, 0.2) is 61.2 Å². The number of carbonyl (C=O) groups excluding carboxylic acids is 1. The number of hydrogen-bond acceptors (Lipinski definition) is 3. The quantitative estimate of drug-likeness (QED) is 0.706. The van der Waals surface area contributed by atoms with Crippen molar-refractivity contribution in [2.45, 2.75) is 19.9 Å². The lowest BCUT2D eigenvalue weighted by Crippen LogP contribution is -2.29. The number of amides is 1. The van der Waals surface area contributed by atoms with Gasteiger partial charge in [-0.25, -0.2) is 0 Å². The molecule has 0 aliphatic heterocycles. The van der Waals surface area contributed by atoms with E-state index in [1.165, 1.54) is 5.56 Å². The largest absolute Gasteiger partial charge is 0.490 e. The summed E-state index contributed by atoms with van der Waals surface area (Å²) in [7, 11) is 1.93. The summed E-state index contributed by atoms with van der Waals surface area (Å²) in [5.74, 6) is 0.803. The van der Waals surface area contributed by atoms with Crippen LogP contribution in [0.2, 0.25) is 0 Å². The van der Waals surface area contributed by atoms with Gasteiger partial charge in [0.1, 0.15) is 12.4 Å². The van der Waals surface area contributed by atoms with Crippen molar-refractivity contribution >= 4 is 11.6 Å². The molecule has 0 radical (unpaired) electrons. The summed E-state index contributed by atoms with van der Waals surface area (Å²) in [6.07, 6.45) is 2.71. The summed E-state index contributed by atoms with van der Waals surface area (Å²) in [4.78, 5) is 14.1. The molecule has 4 heteroatoms. The molecule has 0 fully saturated rings. The van der Waals surface area contributed by atoms with Crippen LogP contribution in [-0.4, -0.2) is 31.0 Å². The molecule has 25 heavy (non-hydrogen) atoms. The Bertz CT molecular complexity index is 678. The highest BCUT2D eigenvalue weighted by Crippen LogP contribution is 2.14. The number of rotatable bonds is 9. The Morgan fingerprint density at radius 2 is 1.76 bits per heavy atom. The number of benzene rings is 2. The first-order valence-electron chi connectivity index (χ1n) is 8.50. The van der Waals surface area contributed by atoms with E-state index < -0.39 is 0 Å². The van der Waals surface area contributed by atoms with Gasteiger partial charge in [0.2, 0.25) is 5.91 Å². The minimum absolute atomic E-state index is 0.0160. The summed E-state index contributed by atoms with van der Waals surface area (Å²) >= 11 is 0. The van der Waals surface area contributed by atoms with Crippen molar-refractivity contribution in [1.82, 2.24) is 4.90 Å². The van der Waals surface area contributed by atoms with Crippen LogP contribution < -0.4 is 10.1 Å². The number of ether oxygens (including phenoxy) is 1. The highest BCUT2D eigenvalue weighted by atomic mass is 16.5. The molecule has 0 unspecified atom stereocenters. The number of nitrogens with zero attached hydrogens (tertiary/aromatic N) is 1. The van der Waals surface area contributed by atoms with Crippen LogP contribution in [0.3, 0.4) is 0 Å². The van der Waals surface area contributed by atoms with Gasteiger partial charge in [0.15, 0.2) is 0 Å². The van der Waals surface area contributed by atoms with Gasteiger partial charge in [-0.3, -0.25) is 9.69 Å². The zero-order valence-electron chi connectivity index (χ0n) is 15.0. The Balaban J connectivity index is 1.81. The second kappa shape index (κ2) is 9.64. The van der Waals surface area contributed by atoms with Crippen LogP contribution in [0, 0.1) is 0 Å². The fraction of sp³-hybridized carbons (Fsp3) is 0.286. The molecule has 2 rings (SSSR count). The van der Waals surface area contributed by atoms with Gasteiger partial charge in [-0.2, -0.15) is 0 Å². The lowest BCUT2D eigenvalue weighted by molar-refractivity contribution is -0.117. The lowest BCUT2D eigenvalue weighted by atomic mass is 10.1. The van der Waals surface area contributed by atoms with Gasteiger partial charge >= 0.3 is 0 Å². The van der Waals surface area contributed by atoms with Gasteiger partial charge in [-0.1, -0.05) is 43.8 Å². The molecule has 1 amide bonds. The van der Waals surface area contributed by atoms with Gasteiger partial charge < -0.3 is 10.1 Å². The SMILES string of the molecule is C=CCOc1ccc(CN(C)CC(=O)Nc2ccc(CC)cc2)cc1. The van der Waals surface area contributed by atoms with Crippen molar-refractivity contribution in [3.63, 3.8) is 0 Å². The van der Waals surface area contributed by atoms with E-state index in [2.05, 4.69) is 18.8 Å². The average Bonchev–Trinajstić information content (AvgIpc) is 2.61. The molecule has 1 N–H and O–H groups in total. The molecular formula is C21H26N2O2. The van der Waals surface area contributed by atoms with E-state index in [1.807, 2.05) is 60.5 Å². The van der Waals surface area contributed by atoms with Crippen molar-refractivity contribution in [3.8, 4) is 5.75 Å². The molecule has 0 spiro atoms. The van der Waals surface area contributed by atoms with E-state index in [-0.39, 0.29) is 5.91 Å². The summed E-state index contributed by atoms with van der Waals surface area (Å²) < 4.78 is 5.47. The molecule has 0 bridgehead atoms. The van der Waals surface area contributed by atoms with Gasteiger partial charge in [0.05, 0.1) is 6.54 Å². The molecule has 0 saturated heterocycles. The van der Waals surface area contributed by atoms with Crippen LogP contribution in [-0.2, 0) is 17.8 Å². The van der Waals surface area contributed by atoms with Crippen LogP contribution in [0.5, 0.6) is 5.75 Å². The fourth-order valence-electron chi connectivity index (χ4n) is 2.48. The zero-order valence-corrected chi connectivity index (χ0v) is 15.0. The molecule has 4 nitrogen and oxygen atoms in total. The number of likely N-dealkylation sites (N-methyl/N-ethyl adjacent to an activating group) is 1. The third-order valence-electron chi connectivity index (χ3n) is 3.80. The van der Waals surface area contributed by atoms with Gasteiger partial charge in [-0.05, 0) is 48.9 Å². The Kier molecular flexibility index (Phi) is 7.23. The van der Waals surface area contributed by atoms with E-state index in [0.717, 1.165) is 23.4 Å². The molecule has 0 aliphatic carbocycles. The average molecular weight is 338 g/mol. The molecule has 2 aromatic carbocycles. The van der Waals surface area contributed by atoms with E-state index in [0.29, 0.717) is 19.7 Å². The third-order valence-corrected chi connectivity index (χ3v) is 3.80. The molecule has 0 heterocycles. The number of anilines is 1. The van der Waals surface area contributed by atoms with Gasteiger partial charge in [0.25, 0.3) is 0 Å². The number of hydrogen-bond donors (Lipinski definition) is 1. The number of aryl methyl sites for hydroxylation is 1.